The van der Waals surface area contributed by atoms with Crippen molar-refractivity contribution in [1.82, 2.24) is 9.55 Å². The first-order valence-electron chi connectivity index (χ1n) is 7.92. The van der Waals surface area contributed by atoms with Gasteiger partial charge in [0.25, 0.3) is 0 Å². The van der Waals surface area contributed by atoms with E-state index >= 15 is 0 Å². The zero-order valence-electron chi connectivity index (χ0n) is 13.9. The van der Waals surface area contributed by atoms with Crippen molar-refractivity contribution in [3.63, 3.8) is 0 Å². The molecule has 6 heteroatoms. The van der Waals surface area contributed by atoms with Gasteiger partial charge in [-0.15, -0.1) is 0 Å². The predicted octanol–water partition coefficient (Wildman–Crippen LogP) is 3.20. The Morgan fingerprint density at radius 3 is 2.80 bits per heavy atom. The molecule has 0 bridgehead atoms. The number of anilines is 1. The van der Waals surface area contributed by atoms with Crippen LogP contribution in [0, 0.1) is 0 Å². The van der Waals surface area contributed by atoms with Gasteiger partial charge < -0.3 is 15.2 Å². The minimum Gasteiger partial charge on any atom is -0.508 e. The number of esters is 1. The average molecular weight is 335 g/mol. The third-order valence-electron chi connectivity index (χ3n) is 4.42. The molecule has 3 aromatic rings. The second kappa shape index (κ2) is 5.66. The summed E-state index contributed by atoms with van der Waals surface area (Å²) in [5, 5.41) is 13.1. The molecule has 0 saturated carbocycles. The zero-order chi connectivity index (χ0) is 17.6. The Bertz CT molecular complexity index is 1020. The largest absolute Gasteiger partial charge is 0.508 e. The van der Waals surface area contributed by atoms with Gasteiger partial charge in [0.15, 0.2) is 0 Å². The van der Waals surface area contributed by atoms with Gasteiger partial charge in [-0.1, -0.05) is 24.3 Å². The van der Waals surface area contributed by atoms with Gasteiger partial charge in [0, 0.05) is 5.70 Å². The highest BCUT2D eigenvalue weighted by atomic mass is 16.5. The number of methoxy groups -OCH3 is 1. The highest BCUT2D eigenvalue weighted by Crippen LogP contribution is 2.39. The minimum absolute atomic E-state index is 0.142. The molecule has 1 unspecified atom stereocenters. The summed E-state index contributed by atoms with van der Waals surface area (Å²) in [6.45, 7) is 1.82. The molecule has 0 amide bonds. The standard InChI is InChI=1S/C19H17N3O3/c1-11-16(18(24)25-2)17(12-6-5-7-13(23)10-12)22-15-9-4-3-8-14(15)21-19(22)20-11/h3-10,17,23H,1-2H3,(H,20,21). The van der Waals surface area contributed by atoms with E-state index in [9.17, 15) is 9.90 Å². The molecule has 1 aromatic heterocycles. The number of nitrogens with one attached hydrogen (secondary N) is 1. The number of hydrogen-bond donors (Lipinski definition) is 2. The van der Waals surface area contributed by atoms with E-state index in [1.807, 2.05) is 41.8 Å². The number of phenolic OH excluding ortho intramolecular Hbond substituents is 1. The van der Waals surface area contributed by atoms with E-state index in [1.54, 1.807) is 18.2 Å². The van der Waals surface area contributed by atoms with Crippen LogP contribution in [-0.2, 0) is 9.53 Å². The maximum Gasteiger partial charge on any atom is 0.337 e. The number of imidazole rings is 1. The number of fused-ring (bicyclic) bond motifs is 3. The van der Waals surface area contributed by atoms with E-state index in [1.165, 1.54) is 7.11 Å². The molecule has 2 N–H and O–H groups in total. The molecule has 1 atom stereocenters. The third-order valence-corrected chi connectivity index (χ3v) is 4.42. The van der Waals surface area contributed by atoms with E-state index in [0.717, 1.165) is 16.6 Å². The number of allylic oxidation sites excluding steroid dienone is 1. The molecule has 1 aliphatic rings. The van der Waals surface area contributed by atoms with E-state index < -0.39 is 12.0 Å². The number of carbonyl (C=O) groups excluding carboxylic acids is 1. The van der Waals surface area contributed by atoms with Crippen molar-refractivity contribution < 1.29 is 14.6 Å². The van der Waals surface area contributed by atoms with Gasteiger partial charge >= 0.3 is 5.97 Å². The minimum atomic E-state index is -0.441. The SMILES string of the molecule is COC(=O)C1=C(C)Nc2nc3ccccc3n2C1c1cccc(O)c1. The Morgan fingerprint density at radius 1 is 1.24 bits per heavy atom. The molecule has 0 saturated heterocycles. The molecule has 4 rings (SSSR count). The second-order valence-electron chi connectivity index (χ2n) is 5.95. The van der Waals surface area contributed by atoms with Gasteiger partial charge in [-0.3, -0.25) is 4.57 Å². The van der Waals surface area contributed by atoms with E-state index in [-0.39, 0.29) is 5.75 Å². The monoisotopic (exact) mass is 335 g/mol. The average Bonchev–Trinajstić information content (AvgIpc) is 2.97. The first-order valence-corrected chi connectivity index (χ1v) is 7.92. The van der Waals surface area contributed by atoms with Crippen LogP contribution in [0.4, 0.5) is 5.95 Å². The maximum absolute atomic E-state index is 12.5. The van der Waals surface area contributed by atoms with Gasteiger partial charge in [0.05, 0.1) is 29.8 Å². The lowest BCUT2D eigenvalue weighted by atomic mass is 9.95. The Labute approximate surface area is 144 Å². The van der Waals surface area contributed by atoms with Crippen LogP contribution in [-0.4, -0.2) is 27.7 Å². The fourth-order valence-electron chi connectivity index (χ4n) is 3.35. The molecule has 2 aromatic carbocycles. The van der Waals surface area contributed by atoms with Crippen LogP contribution < -0.4 is 5.32 Å². The van der Waals surface area contributed by atoms with Crippen molar-refractivity contribution in [1.29, 1.82) is 0 Å². The first kappa shape index (κ1) is 15.3. The van der Waals surface area contributed by atoms with Gasteiger partial charge in [-0.05, 0) is 36.8 Å². The van der Waals surface area contributed by atoms with Crippen molar-refractivity contribution in [3.8, 4) is 5.75 Å². The number of nitrogens with zero attached hydrogens (tertiary/aromatic N) is 2. The molecule has 0 spiro atoms. The van der Waals surface area contributed by atoms with Gasteiger partial charge in [0.2, 0.25) is 5.95 Å². The Morgan fingerprint density at radius 2 is 2.04 bits per heavy atom. The number of rotatable bonds is 2. The van der Waals surface area contributed by atoms with Crippen LogP contribution in [0.3, 0.4) is 0 Å². The molecular weight excluding hydrogens is 318 g/mol. The van der Waals surface area contributed by atoms with E-state index in [0.29, 0.717) is 17.2 Å². The first-order chi connectivity index (χ1) is 12.1. The Balaban J connectivity index is 2.03. The summed E-state index contributed by atoms with van der Waals surface area (Å²) >= 11 is 0. The van der Waals surface area contributed by atoms with Gasteiger partial charge in [0.1, 0.15) is 5.75 Å². The predicted molar refractivity (Wildman–Crippen MR) is 94.3 cm³/mol. The summed E-state index contributed by atoms with van der Waals surface area (Å²) in [5.41, 5.74) is 3.68. The summed E-state index contributed by atoms with van der Waals surface area (Å²) in [6.07, 6.45) is 0. The number of aromatic hydroxyl groups is 1. The topological polar surface area (TPSA) is 76.4 Å². The smallest absolute Gasteiger partial charge is 0.337 e. The highest BCUT2D eigenvalue weighted by Gasteiger charge is 2.34. The van der Waals surface area contributed by atoms with Crippen molar-refractivity contribution >= 4 is 23.0 Å². The molecule has 0 aliphatic carbocycles. The van der Waals surface area contributed by atoms with Crippen molar-refractivity contribution in [2.75, 3.05) is 12.4 Å². The quantitative estimate of drug-likeness (QED) is 0.703. The van der Waals surface area contributed by atoms with Crippen LogP contribution in [0.2, 0.25) is 0 Å². The van der Waals surface area contributed by atoms with Crippen LogP contribution in [0.25, 0.3) is 11.0 Å². The van der Waals surface area contributed by atoms with Crippen molar-refractivity contribution in [2.45, 2.75) is 13.0 Å². The van der Waals surface area contributed by atoms with Crippen molar-refractivity contribution in [2.24, 2.45) is 0 Å². The maximum atomic E-state index is 12.5. The lowest BCUT2D eigenvalue weighted by Gasteiger charge is -2.30. The number of benzene rings is 2. The second-order valence-corrected chi connectivity index (χ2v) is 5.95. The normalized spacial score (nSPS) is 16.5. The summed E-state index contributed by atoms with van der Waals surface area (Å²) in [6, 6.07) is 14.2. The van der Waals surface area contributed by atoms with Crippen LogP contribution in [0.15, 0.2) is 59.8 Å². The van der Waals surface area contributed by atoms with Gasteiger partial charge in [-0.25, -0.2) is 9.78 Å². The summed E-state index contributed by atoms with van der Waals surface area (Å²) in [5.74, 6) is 0.380. The summed E-state index contributed by atoms with van der Waals surface area (Å²) in [4.78, 5) is 17.1. The lowest BCUT2D eigenvalue weighted by molar-refractivity contribution is -0.136. The molecule has 126 valence electrons. The lowest BCUT2D eigenvalue weighted by Crippen LogP contribution is -2.28. The number of para-hydroxylation sites is 2. The van der Waals surface area contributed by atoms with Crippen molar-refractivity contribution in [3.05, 3.63) is 65.4 Å². The fraction of sp³-hybridized carbons (Fsp3) is 0.158. The van der Waals surface area contributed by atoms with Crippen LogP contribution in [0.1, 0.15) is 18.5 Å². The molecule has 0 radical (unpaired) electrons. The number of aromatic nitrogens is 2. The fourth-order valence-corrected chi connectivity index (χ4v) is 3.35. The molecule has 0 fully saturated rings. The molecule has 25 heavy (non-hydrogen) atoms. The number of phenols is 1. The highest BCUT2D eigenvalue weighted by molar-refractivity contribution is 5.94. The molecular formula is C19H17N3O3. The zero-order valence-corrected chi connectivity index (χ0v) is 13.9. The molecule has 6 nitrogen and oxygen atoms in total. The number of ether oxygens (including phenoxy) is 1. The molecule has 2 heterocycles. The van der Waals surface area contributed by atoms with E-state index in [2.05, 4.69) is 10.3 Å². The summed E-state index contributed by atoms with van der Waals surface area (Å²) < 4.78 is 6.97. The van der Waals surface area contributed by atoms with E-state index in [4.69, 9.17) is 4.74 Å². The van der Waals surface area contributed by atoms with Gasteiger partial charge in [-0.2, -0.15) is 0 Å². The Kier molecular flexibility index (Phi) is 3.46. The van der Waals surface area contributed by atoms with Crippen LogP contribution in [0.5, 0.6) is 5.75 Å². The Hall–Kier alpha value is -3.28. The number of carbonyl (C=O) groups is 1. The van der Waals surface area contributed by atoms with Crippen LogP contribution >= 0.6 is 0 Å². The third kappa shape index (κ3) is 2.34. The summed E-state index contributed by atoms with van der Waals surface area (Å²) in [7, 11) is 1.36. The number of hydrogen-bond acceptors (Lipinski definition) is 5. The molecule has 1 aliphatic heterocycles.